The van der Waals surface area contributed by atoms with Gasteiger partial charge in [-0.25, -0.2) is 4.79 Å². The molecule has 0 saturated heterocycles. The lowest BCUT2D eigenvalue weighted by Crippen LogP contribution is -2.38. The van der Waals surface area contributed by atoms with Gasteiger partial charge in [0.05, 0.1) is 0 Å². The molecule has 0 spiro atoms. The monoisotopic (exact) mass is 293 g/mol. The number of aromatic nitrogens is 4. The van der Waals surface area contributed by atoms with E-state index < -0.39 is 5.69 Å². The molecular weight excluding hydrogens is 278 g/mol. The average Bonchev–Trinajstić information content (AvgIpc) is 3.03. The van der Waals surface area contributed by atoms with Gasteiger partial charge in [-0.2, -0.15) is 9.36 Å². The van der Waals surface area contributed by atoms with Crippen LogP contribution in [0, 0.1) is 5.92 Å². The number of hydrogen-bond donors (Lipinski definition) is 1. The quantitative estimate of drug-likeness (QED) is 0.865. The molecule has 2 aromatic heterocycles. The summed E-state index contributed by atoms with van der Waals surface area (Å²) in [6, 6.07) is 3.76. The second kappa shape index (κ2) is 5.20. The Kier molecular flexibility index (Phi) is 3.39. The molecule has 1 atom stereocenters. The first kappa shape index (κ1) is 13.0. The lowest BCUT2D eigenvalue weighted by molar-refractivity contribution is -0.122. The highest BCUT2D eigenvalue weighted by molar-refractivity contribution is 7.12. The first-order chi connectivity index (χ1) is 9.65. The highest BCUT2D eigenvalue weighted by Crippen LogP contribution is 2.32. The zero-order chi connectivity index (χ0) is 14.1. The molecule has 0 aromatic carbocycles. The van der Waals surface area contributed by atoms with E-state index in [0.29, 0.717) is 10.9 Å². The van der Waals surface area contributed by atoms with Crippen LogP contribution >= 0.6 is 11.3 Å². The maximum Gasteiger partial charge on any atom is 0.369 e. The van der Waals surface area contributed by atoms with Gasteiger partial charge in [0.15, 0.2) is 0 Å². The number of carbonyl (C=O) groups excluding carboxylic acids is 1. The Morgan fingerprint density at radius 2 is 2.35 bits per heavy atom. The Labute approximate surface area is 119 Å². The molecule has 0 aliphatic heterocycles. The second-order valence-electron chi connectivity index (χ2n) is 4.98. The summed E-state index contributed by atoms with van der Waals surface area (Å²) in [5.41, 5.74) is -0.401. The number of carbonyl (C=O) groups is 1. The van der Waals surface area contributed by atoms with Crippen LogP contribution in [0.25, 0.3) is 5.00 Å². The van der Waals surface area contributed by atoms with Crippen LogP contribution < -0.4 is 11.0 Å². The lowest BCUT2D eigenvalue weighted by Gasteiger charge is -2.11. The number of rotatable bonds is 5. The number of hydrogen-bond acceptors (Lipinski definition) is 5. The summed E-state index contributed by atoms with van der Waals surface area (Å²) in [5, 5.41) is 13.0. The van der Waals surface area contributed by atoms with Gasteiger partial charge in [0.2, 0.25) is 5.91 Å². The topological polar surface area (TPSA) is 81.8 Å². The molecule has 0 radical (unpaired) electrons. The van der Waals surface area contributed by atoms with E-state index in [2.05, 4.69) is 15.7 Å². The van der Waals surface area contributed by atoms with Crippen molar-refractivity contribution in [2.45, 2.75) is 32.4 Å². The van der Waals surface area contributed by atoms with Crippen LogP contribution in [-0.2, 0) is 11.3 Å². The van der Waals surface area contributed by atoms with Gasteiger partial charge in [0, 0.05) is 6.04 Å². The van der Waals surface area contributed by atoms with Gasteiger partial charge in [-0.1, -0.05) is 0 Å². The molecule has 1 N–H and O–H groups in total. The van der Waals surface area contributed by atoms with E-state index >= 15 is 0 Å². The number of tetrazole rings is 1. The molecule has 3 rings (SSSR count). The van der Waals surface area contributed by atoms with Gasteiger partial charge >= 0.3 is 5.69 Å². The molecule has 8 heteroatoms. The van der Waals surface area contributed by atoms with Crippen molar-refractivity contribution in [3.05, 3.63) is 28.0 Å². The molecule has 1 fully saturated rings. The van der Waals surface area contributed by atoms with Crippen molar-refractivity contribution in [1.82, 2.24) is 25.1 Å². The van der Waals surface area contributed by atoms with Gasteiger partial charge in [-0.05, 0) is 53.6 Å². The fourth-order valence-electron chi connectivity index (χ4n) is 2.05. The van der Waals surface area contributed by atoms with Gasteiger partial charge < -0.3 is 5.32 Å². The summed E-state index contributed by atoms with van der Waals surface area (Å²) in [7, 11) is 0. The summed E-state index contributed by atoms with van der Waals surface area (Å²) >= 11 is 1.39. The fraction of sp³-hybridized carbons (Fsp3) is 0.500. The third kappa shape index (κ3) is 2.64. The zero-order valence-electron chi connectivity index (χ0n) is 11.0. The van der Waals surface area contributed by atoms with Gasteiger partial charge in [-0.15, -0.1) is 11.3 Å². The predicted octanol–water partition coefficient (Wildman–Crippen LogP) is 0.405. The molecule has 2 aromatic rings. The third-order valence-electron chi connectivity index (χ3n) is 3.37. The van der Waals surface area contributed by atoms with Crippen LogP contribution in [0.1, 0.15) is 19.8 Å². The van der Waals surface area contributed by atoms with Crippen LogP contribution in [0.2, 0.25) is 0 Å². The van der Waals surface area contributed by atoms with E-state index in [4.69, 9.17) is 0 Å². The van der Waals surface area contributed by atoms with E-state index in [-0.39, 0.29) is 18.5 Å². The molecular formula is C12H15N5O2S. The van der Waals surface area contributed by atoms with Crippen molar-refractivity contribution in [2.24, 2.45) is 5.92 Å². The first-order valence-corrected chi connectivity index (χ1v) is 7.39. The normalized spacial score (nSPS) is 16.1. The Bertz CT molecular complexity index is 656. The van der Waals surface area contributed by atoms with Crippen molar-refractivity contribution in [2.75, 3.05) is 0 Å². The van der Waals surface area contributed by atoms with Crippen molar-refractivity contribution in [1.29, 1.82) is 0 Å². The van der Waals surface area contributed by atoms with Gasteiger partial charge in [-0.3, -0.25) is 4.79 Å². The van der Waals surface area contributed by atoms with Crippen molar-refractivity contribution in [3.8, 4) is 5.00 Å². The largest absolute Gasteiger partial charge is 0.369 e. The highest BCUT2D eigenvalue weighted by atomic mass is 32.1. The van der Waals surface area contributed by atoms with Crippen molar-refractivity contribution < 1.29 is 4.79 Å². The first-order valence-electron chi connectivity index (χ1n) is 6.51. The zero-order valence-corrected chi connectivity index (χ0v) is 11.8. The number of nitrogens with zero attached hydrogens (tertiary/aromatic N) is 4. The fourth-order valence-corrected chi connectivity index (χ4v) is 2.72. The van der Waals surface area contributed by atoms with E-state index in [1.807, 2.05) is 18.4 Å². The van der Waals surface area contributed by atoms with Gasteiger partial charge in [0.1, 0.15) is 11.5 Å². The van der Waals surface area contributed by atoms with E-state index in [0.717, 1.165) is 17.5 Å². The molecule has 1 aliphatic carbocycles. The molecule has 106 valence electrons. The summed E-state index contributed by atoms with van der Waals surface area (Å²) in [6.07, 6.45) is 2.33. The van der Waals surface area contributed by atoms with E-state index in [1.54, 1.807) is 6.07 Å². The summed E-state index contributed by atoms with van der Waals surface area (Å²) in [4.78, 5) is 23.9. The van der Waals surface area contributed by atoms with Crippen molar-refractivity contribution in [3.63, 3.8) is 0 Å². The predicted molar refractivity (Wildman–Crippen MR) is 73.8 cm³/mol. The average molecular weight is 293 g/mol. The molecule has 1 aliphatic rings. The minimum absolute atomic E-state index is 0.0960. The van der Waals surface area contributed by atoms with Crippen LogP contribution in [-0.4, -0.2) is 31.7 Å². The summed E-state index contributed by atoms with van der Waals surface area (Å²) in [6.45, 7) is 1.89. The van der Waals surface area contributed by atoms with Crippen LogP contribution in [0.4, 0.5) is 0 Å². The standard InChI is InChI=1S/C12H15N5O2S/c1-8(9-4-5-9)13-10(18)7-16-12(19)17(15-14-16)11-3-2-6-20-11/h2-3,6,8-9H,4-5,7H2,1H3,(H,13,18)/t8-/m1/s1. The van der Waals surface area contributed by atoms with Crippen molar-refractivity contribution >= 4 is 17.2 Å². The Hall–Kier alpha value is -1.96. The lowest BCUT2D eigenvalue weighted by atomic mass is 10.2. The summed E-state index contributed by atoms with van der Waals surface area (Å²) in [5.74, 6) is 0.377. The Morgan fingerprint density at radius 1 is 1.55 bits per heavy atom. The smallest absolute Gasteiger partial charge is 0.352 e. The Morgan fingerprint density at radius 3 is 3.00 bits per heavy atom. The third-order valence-corrected chi connectivity index (χ3v) is 4.21. The van der Waals surface area contributed by atoms with E-state index in [1.165, 1.54) is 16.0 Å². The number of thiophene rings is 1. The van der Waals surface area contributed by atoms with E-state index in [9.17, 15) is 9.59 Å². The molecule has 1 saturated carbocycles. The molecule has 7 nitrogen and oxygen atoms in total. The molecule has 0 unspecified atom stereocenters. The molecule has 1 amide bonds. The highest BCUT2D eigenvalue weighted by Gasteiger charge is 2.29. The van der Waals surface area contributed by atoms with Gasteiger partial charge in [0.25, 0.3) is 0 Å². The molecule has 2 heterocycles. The van der Waals surface area contributed by atoms with Crippen LogP contribution in [0.15, 0.2) is 22.3 Å². The minimum atomic E-state index is -0.401. The summed E-state index contributed by atoms with van der Waals surface area (Å²) < 4.78 is 2.27. The Balaban J connectivity index is 1.69. The second-order valence-corrected chi connectivity index (χ2v) is 5.90. The number of amides is 1. The maximum absolute atomic E-state index is 12.1. The molecule has 0 bridgehead atoms. The number of nitrogens with one attached hydrogen (secondary N) is 1. The minimum Gasteiger partial charge on any atom is -0.352 e. The molecule has 20 heavy (non-hydrogen) atoms. The maximum atomic E-state index is 12.1. The SMILES string of the molecule is C[C@@H](NC(=O)Cn1nnn(-c2cccs2)c1=O)C1CC1. The van der Waals surface area contributed by atoms with Crippen LogP contribution in [0.5, 0.6) is 0 Å². The van der Waals surface area contributed by atoms with Crippen LogP contribution in [0.3, 0.4) is 0 Å².